The lowest BCUT2D eigenvalue weighted by Gasteiger charge is -2.26. The van der Waals surface area contributed by atoms with Crippen molar-refractivity contribution in [3.05, 3.63) is 114 Å². The first-order valence-electron chi connectivity index (χ1n) is 11.4. The van der Waals surface area contributed by atoms with Gasteiger partial charge in [-0.1, -0.05) is 47.5 Å². The van der Waals surface area contributed by atoms with Crippen molar-refractivity contribution in [2.45, 2.75) is 18.7 Å². The largest absolute Gasteiger partial charge is 0.497 e. The van der Waals surface area contributed by atoms with Gasteiger partial charge in [0.15, 0.2) is 5.84 Å². The Hall–Kier alpha value is -4.10. The smallest absolute Gasteiger partial charge is 0.269 e. The van der Waals surface area contributed by atoms with Crippen LogP contribution in [-0.2, 0) is 10.0 Å². The second-order valence-electron chi connectivity index (χ2n) is 8.28. The van der Waals surface area contributed by atoms with Gasteiger partial charge in [0.25, 0.3) is 10.0 Å². The molecule has 0 spiro atoms. The number of sulfonamides is 1. The molecule has 7 heteroatoms. The fourth-order valence-corrected chi connectivity index (χ4v) is 5.08. The Morgan fingerprint density at radius 3 is 1.64 bits per heavy atom. The van der Waals surface area contributed by atoms with Crippen LogP contribution in [0.1, 0.15) is 16.7 Å². The van der Waals surface area contributed by atoms with E-state index in [2.05, 4.69) is 0 Å². The van der Waals surface area contributed by atoms with Crippen LogP contribution in [0.3, 0.4) is 0 Å². The Morgan fingerprint density at radius 1 is 0.667 bits per heavy atom. The predicted octanol–water partition coefficient (Wildman–Crippen LogP) is 6.29. The van der Waals surface area contributed by atoms with Crippen molar-refractivity contribution in [1.82, 2.24) is 0 Å². The fraction of sp³-hybridized carbons (Fsp3) is 0.138. The molecule has 4 aromatic carbocycles. The number of methoxy groups -OCH3 is 2. The monoisotopic (exact) mass is 500 g/mol. The van der Waals surface area contributed by atoms with Crippen molar-refractivity contribution < 1.29 is 17.9 Å². The molecule has 0 saturated heterocycles. The summed E-state index contributed by atoms with van der Waals surface area (Å²) in [5.41, 5.74) is 3.70. The molecule has 0 aliphatic rings. The number of aliphatic imine (C=N–C) groups is 1. The second kappa shape index (κ2) is 10.7. The van der Waals surface area contributed by atoms with E-state index in [1.165, 1.54) is 4.31 Å². The number of nitrogens with zero attached hydrogens (tertiary/aromatic N) is 2. The lowest BCUT2D eigenvalue weighted by molar-refractivity contribution is 0.415. The minimum atomic E-state index is -4.04. The topological polar surface area (TPSA) is 68.2 Å². The van der Waals surface area contributed by atoms with E-state index >= 15 is 0 Å². The number of aryl methyl sites for hydroxylation is 2. The van der Waals surface area contributed by atoms with E-state index in [1.54, 1.807) is 87.0 Å². The van der Waals surface area contributed by atoms with Crippen LogP contribution in [0.25, 0.3) is 0 Å². The van der Waals surface area contributed by atoms with Gasteiger partial charge in [-0.15, -0.1) is 0 Å². The highest BCUT2D eigenvalue weighted by molar-refractivity contribution is 7.93. The molecule has 0 aliphatic carbocycles. The molecule has 4 aromatic rings. The van der Waals surface area contributed by atoms with Crippen molar-refractivity contribution in [3.8, 4) is 11.5 Å². The third-order valence-electron chi connectivity index (χ3n) is 5.68. The van der Waals surface area contributed by atoms with Crippen LogP contribution < -0.4 is 13.8 Å². The van der Waals surface area contributed by atoms with Crippen LogP contribution in [-0.4, -0.2) is 28.5 Å². The summed E-state index contributed by atoms with van der Waals surface area (Å²) in [6.45, 7) is 3.90. The van der Waals surface area contributed by atoms with E-state index in [9.17, 15) is 8.42 Å². The second-order valence-corrected chi connectivity index (χ2v) is 10.1. The summed E-state index contributed by atoms with van der Waals surface area (Å²) in [7, 11) is -0.883. The normalized spacial score (nSPS) is 11.7. The molecule has 0 radical (unpaired) electrons. The summed E-state index contributed by atoms with van der Waals surface area (Å²) < 4.78 is 40.2. The average molecular weight is 501 g/mol. The van der Waals surface area contributed by atoms with Gasteiger partial charge in [0, 0.05) is 5.56 Å². The zero-order valence-electron chi connectivity index (χ0n) is 20.7. The van der Waals surface area contributed by atoms with Crippen LogP contribution in [0.2, 0.25) is 0 Å². The van der Waals surface area contributed by atoms with Crippen molar-refractivity contribution in [1.29, 1.82) is 0 Å². The molecule has 0 aliphatic heterocycles. The minimum Gasteiger partial charge on any atom is -0.497 e. The maximum absolute atomic E-state index is 14.2. The molecule has 0 bridgehead atoms. The van der Waals surface area contributed by atoms with Crippen LogP contribution in [0, 0.1) is 13.8 Å². The van der Waals surface area contributed by atoms with Gasteiger partial charge < -0.3 is 9.47 Å². The number of anilines is 1. The van der Waals surface area contributed by atoms with Gasteiger partial charge in [0.2, 0.25) is 0 Å². The Labute approximate surface area is 212 Å². The molecule has 184 valence electrons. The lowest BCUT2D eigenvalue weighted by Crippen LogP contribution is -2.37. The highest BCUT2D eigenvalue weighted by Crippen LogP contribution is 2.30. The van der Waals surface area contributed by atoms with Gasteiger partial charge in [0.1, 0.15) is 11.5 Å². The Kier molecular flexibility index (Phi) is 7.41. The number of amidine groups is 1. The molecule has 0 N–H and O–H groups in total. The van der Waals surface area contributed by atoms with Crippen molar-refractivity contribution in [2.75, 3.05) is 18.5 Å². The summed E-state index contributed by atoms with van der Waals surface area (Å²) in [6.07, 6.45) is 0. The van der Waals surface area contributed by atoms with Gasteiger partial charge in [-0.25, -0.2) is 17.7 Å². The van der Waals surface area contributed by atoms with Gasteiger partial charge in [0.05, 0.1) is 30.5 Å². The maximum Gasteiger partial charge on any atom is 0.269 e. The van der Waals surface area contributed by atoms with Gasteiger partial charge >= 0.3 is 0 Å². The number of benzene rings is 4. The molecular weight excluding hydrogens is 472 g/mol. The quantitative estimate of drug-likeness (QED) is 0.221. The number of rotatable bonds is 7. The molecule has 0 heterocycles. The number of hydrogen-bond acceptors (Lipinski definition) is 5. The first-order chi connectivity index (χ1) is 17.3. The predicted molar refractivity (Wildman–Crippen MR) is 144 cm³/mol. The van der Waals surface area contributed by atoms with Gasteiger partial charge in [-0.2, -0.15) is 0 Å². The molecule has 0 aromatic heterocycles. The minimum absolute atomic E-state index is 0.165. The highest BCUT2D eigenvalue weighted by atomic mass is 32.2. The standard InChI is InChI=1S/C29H28N2O4S/c1-21-5-9-23(10-6-21)29(30-24-11-15-26(34-3)16-12-24)31(25-13-17-27(35-4)18-14-25)36(32,33)28-19-7-22(2)8-20-28/h5-20H,1-4H3. The summed E-state index contributed by atoms with van der Waals surface area (Å²) in [5, 5.41) is 0. The van der Waals surface area contributed by atoms with Gasteiger partial charge in [-0.05, 0) is 74.5 Å². The van der Waals surface area contributed by atoms with Gasteiger partial charge in [-0.3, -0.25) is 0 Å². The molecule has 4 rings (SSSR count). The number of ether oxygens (including phenoxy) is 2. The van der Waals surface area contributed by atoms with E-state index in [0.29, 0.717) is 28.4 Å². The molecule has 0 atom stereocenters. The fourth-order valence-electron chi connectivity index (χ4n) is 3.62. The molecule has 0 saturated carbocycles. The van der Waals surface area contributed by atoms with E-state index in [1.807, 2.05) is 38.1 Å². The van der Waals surface area contributed by atoms with Crippen LogP contribution in [0.15, 0.2) is 107 Å². The Morgan fingerprint density at radius 2 is 1.14 bits per heavy atom. The highest BCUT2D eigenvalue weighted by Gasteiger charge is 2.30. The molecule has 0 unspecified atom stereocenters. The molecule has 6 nitrogen and oxygen atoms in total. The van der Waals surface area contributed by atoms with Crippen molar-refractivity contribution >= 4 is 27.2 Å². The molecule has 0 amide bonds. The molecule has 0 fully saturated rings. The van der Waals surface area contributed by atoms with Crippen LogP contribution in [0.4, 0.5) is 11.4 Å². The van der Waals surface area contributed by atoms with Crippen molar-refractivity contribution in [3.63, 3.8) is 0 Å². The molecule has 36 heavy (non-hydrogen) atoms. The van der Waals surface area contributed by atoms with E-state index in [4.69, 9.17) is 14.5 Å². The zero-order chi connectivity index (χ0) is 25.7. The number of hydrogen-bond donors (Lipinski definition) is 0. The SMILES string of the molecule is COc1ccc(N=C(c2ccc(C)cc2)N(c2ccc(OC)cc2)S(=O)(=O)c2ccc(C)cc2)cc1. The first-order valence-corrected chi connectivity index (χ1v) is 12.8. The van der Waals surface area contributed by atoms with E-state index < -0.39 is 10.0 Å². The third-order valence-corrected chi connectivity index (χ3v) is 7.41. The van der Waals surface area contributed by atoms with E-state index in [-0.39, 0.29) is 10.7 Å². The van der Waals surface area contributed by atoms with Crippen LogP contribution >= 0.6 is 0 Å². The Balaban J connectivity index is 1.97. The summed E-state index contributed by atoms with van der Waals surface area (Å²) >= 11 is 0. The summed E-state index contributed by atoms with van der Waals surface area (Å²) in [5.74, 6) is 1.58. The average Bonchev–Trinajstić information content (AvgIpc) is 2.90. The molecular formula is C29H28N2O4S. The summed E-state index contributed by atoms with van der Waals surface area (Å²) in [6, 6.07) is 28.4. The maximum atomic E-state index is 14.2. The van der Waals surface area contributed by atoms with Crippen LogP contribution in [0.5, 0.6) is 11.5 Å². The first kappa shape index (κ1) is 25.0. The van der Waals surface area contributed by atoms with Crippen molar-refractivity contribution in [2.24, 2.45) is 4.99 Å². The zero-order valence-corrected chi connectivity index (χ0v) is 21.5. The van der Waals surface area contributed by atoms with E-state index in [0.717, 1.165) is 11.1 Å². The Bertz CT molecular complexity index is 1440. The lowest BCUT2D eigenvalue weighted by atomic mass is 10.1. The third kappa shape index (κ3) is 5.42. The summed E-state index contributed by atoms with van der Waals surface area (Å²) in [4.78, 5) is 5.00.